The molecule has 0 radical (unpaired) electrons. The zero-order valence-electron chi connectivity index (χ0n) is 9.93. The van der Waals surface area contributed by atoms with E-state index in [0.29, 0.717) is 10.0 Å². The third-order valence-electron chi connectivity index (χ3n) is 2.53. The van der Waals surface area contributed by atoms with Crippen molar-refractivity contribution >= 4 is 37.3 Å². The number of hydrogen-bond acceptors (Lipinski definition) is 3. The van der Waals surface area contributed by atoms with Gasteiger partial charge in [-0.05, 0) is 40.4 Å². The second kappa shape index (κ2) is 5.70. The van der Waals surface area contributed by atoms with Crippen LogP contribution in [0.1, 0.15) is 18.5 Å². The average Bonchev–Trinajstić information content (AvgIpc) is 2.76. The molecule has 0 spiro atoms. The van der Waals surface area contributed by atoms with Crippen molar-refractivity contribution in [1.29, 1.82) is 0 Å². The molecular weight excluding hydrogens is 353 g/mol. The number of halogens is 2. The molecule has 0 aliphatic heterocycles. The quantitative estimate of drug-likeness (QED) is 0.900. The van der Waals surface area contributed by atoms with Gasteiger partial charge in [0.1, 0.15) is 10.0 Å². The largest absolute Gasteiger partial charge is 0.251 e. The van der Waals surface area contributed by atoms with E-state index in [1.807, 2.05) is 0 Å². The van der Waals surface area contributed by atoms with Crippen molar-refractivity contribution in [3.63, 3.8) is 0 Å². The van der Waals surface area contributed by atoms with Gasteiger partial charge in [-0.3, -0.25) is 0 Å². The van der Waals surface area contributed by atoms with Gasteiger partial charge in [-0.1, -0.05) is 18.2 Å². The van der Waals surface area contributed by atoms with Gasteiger partial charge in [0.2, 0.25) is 0 Å². The molecule has 2 aromatic rings. The monoisotopic (exact) mass is 363 g/mol. The summed E-state index contributed by atoms with van der Waals surface area (Å²) in [6.45, 7) is 1.61. The fraction of sp³-hybridized carbons (Fsp3) is 0.167. The van der Waals surface area contributed by atoms with Crippen LogP contribution in [-0.2, 0) is 10.0 Å². The van der Waals surface area contributed by atoms with E-state index in [1.165, 1.54) is 6.07 Å². The van der Waals surface area contributed by atoms with Crippen LogP contribution in [0.5, 0.6) is 0 Å². The first-order valence-corrected chi connectivity index (χ1v) is 8.57. The lowest BCUT2D eigenvalue weighted by molar-refractivity contribution is 0.551. The highest BCUT2D eigenvalue weighted by Crippen LogP contribution is 2.29. The second-order valence-electron chi connectivity index (χ2n) is 3.92. The minimum Gasteiger partial charge on any atom is -0.207 e. The lowest BCUT2D eigenvalue weighted by Gasteiger charge is -2.14. The Hall–Kier alpha value is -0.760. The van der Waals surface area contributed by atoms with Gasteiger partial charge in [-0.15, -0.1) is 11.3 Å². The van der Waals surface area contributed by atoms with Gasteiger partial charge >= 0.3 is 0 Å². The number of hydrogen-bond donors (Lipinski definition) is 1. The Bertz CT molecular complexity index is 685. The van der Waals surface area contributed by atoms with Crippen LogP contribution in [0, 0.1) is 5.82 Å². The van der Waals surface area contributed by atoms with Crippen molar-refractivity contribution in [1.82, 2.24) is 4.72 Å². The first kappa shape index (κ1) is 14.6. The summed E-state index contributed by atoms with van der Waals surface area (Å²) >= 11 is 4.29. The zero-order valence-corrected chi connectivity index (χ0v) is 13.1. The zero-order chi connectivity index (χ0) is 14.0. The van der Waals surface area contributed by atoms with E-state index >= 15 is 0 Å². The standard InChI is InChI=1S/C12H11BrFNO2S2/c1-8(9-4-2-3-5-11(9)14)15-19(16,17)12-10(13)6-7-18-12/h2-8,15H,1H3. The Morgan fingerprint density at radius 2 is 2.00 bits per heavy atom. The van der Waals surface area contributed by atoms with E-state index < -0.39 is 21.9 Å². The number of rotatable bonds is 4. The van der Waals surface area contributed by atoms with Gasteiger partial charge in [-0.2, -0.15) is 0 Å². The highest BCUT2D eigenvalue weighted by molar-refractivity contribution is 9.10. The fourth-order valence-electron chi connectivity index (χ4n) is 1.65. The van der Waals surface area contributed by atoms with E-state index in [2.05, 4.69) is 20.7 Å². The molecule has 1 atom stereocenters. The molecule has 102 valence electrons. The SMILES string of the molecule is CC(NS(=O)(=O)c1sccc1Br)c1ccccc1F. The Morgan fingerprint density at radius 1 is 1.32 bits per heavy atom. The topological polar surface area (TPSA) is 46.2 Å². The van der Waals surface area contributed by atoms with Crippen LogP contribution in [0.25, 0.3) is 0 Å². The highest BCUT2D eigenvalue weighted by Gasteiger charge is 2.23. The molecule has 0 fully saturated rings. The molecule has 0 bridgehead atoms. The third kappa shape index (κ3) is 3.22. The summed E-state index contributed by atoms with van der Waals surface area (Å²) < 4.78 is 41.1. The summed E-state index contributed by atoms with van der Waals surface area (Å²) in [7, 11) is -3.66. The lowest BCUT2D eigenvalue weighted by atomic mass is 10.1. The van der Waals surface area contributed by atoms with E-state index in [-0.39, 0.29) is 4.21 Å². The summed E-state index contributed by atoms with van der Waals surface area (Å²) in [5.41, 5.74) is 0.318. The maximum Gasteiger partial charge on any atom is 0.251 e. The lowest BCUT2D eigenvalue weighted by Crippen LogP contribution is -2.27. The van der Waals surface area contributed by atoms with Crippen molar-refractivity contribution in [3.05, 3.63) is 51.6 Å². The summed E-state index contributed by atoms with van der Waals surface area (Å²) in [5.74, 6) is -0.428. The smallest absolute Gasteiger partial charge is 0.207 e. The van der Waals surface area contributed by atoms with Crippen molar-refractivity contribution in [2.75, 3.05) is 0 Å². The maximum absolute atomic E-state index is 13.6. The maximum atomic E-state index is 13.6. The molecule has 0 aliphatic carbocycles. The van der Waals surface area contributed by atoms with Gasteiger partial charge in [0, 0.05) is 16.1 Å². The number of nitrogens with one attached hydrogen (secondary N) is 1. The minimum atomic E-state index is -3.66. The normalized spacial score (nSPS) is 13.4. The first-order valence-electron chi connectivity index (χ1n) is 5.41. The molecule has 2 rings (SSSR count). The molecule has 1 heterocycles. The van der Waals surface area contributed by atoms with E-state index in [0.717, 1.165) is 11.3 Å². The molecule has 19 heavy (non-hydrogen) atoms. The van der Waals surface area contributed by atoms with Crippen LogP contribution in [0.2, 0.25) is 0 Å². The van der Waals surface area contributed by atoms with Gasteiger partial charge in [0.15, 0.2) is 0 Å². The highest BCUT2D eigenvalue weighted by atomic mass is 79.9. The van der Waals surface area contributed by atoms with Crippen LogP contribution in [0.4, 0.5) is 4.39 Å². The molecule has 1 aromatic heterocycles. The average molecular weight is 364 g/mol. The number of sulfonamides is 1. The minimum absolute atomic E-state index is 0.190. The Labute approximate surface area is 123 Å². The van der Waals surface area contributed by atoms with Gasteiger partial charge in [0.25, 0.3) is 10.0 Å². The Balaban J connectivity index is 2.27. The molecule has 0 amide bonds. The Morgan fingerprint density at radius 3 is 2.58 bits per heavy atom. The van der Waals surface area contributed by atoms with Crippen LogP contribution in [0.3, 0.4) is 0 Å². The van der Waals surface area contributed by atoms with Crippen LogP contribution >= 0.6 is 27.3 Å². The first-order chi connectivity index (χ1) is 8.92. The van der Waals surface area contributed by atoms with Crippen LogP contribution in [-0.4, -0.2) is 8.42 Å². The molecule has 0 saturated heterocycles. The predicted octanol–water partition coefficient (Wildman–Crippen LogP) is 3.69. The van der Waals surface area contributed by atoms with E-state index in [9.17, 15) is 12.8 Å². The molecular formula is C12H11BrFNO2S2. The molecule has 1 N–H and O–H groups in total. The summed E-state index contributed by atoms with van der Waals surface area (Å²) in [5, 5.41) is 1.67. The van der Waals surface area contributed by atoms with Crippen molar-refractivity contribution < 1.29 is 12.8 Å². The van der Waals surface area contributed by atoms with Crippen molar-refractivity contribution in [2.45, 2.75) is 17.2 Å². The van der Waals surface area contributed by atoms with Crippen molar-refractivity contribution in [3.8, 4) is 0 Å². The molecule has 0 saturated carbocycles. The second-order valence-corrected chi connectivity index (χ2v) is 7.60. The van der Waals surface area contributed by atoms with Gasteiger partial charge < -0.3 is 0 Å². The predicted molar refractivity (Wildman–Crippen MR) is 77.2 cm³/mol. The van der Waals surface area contributed by atoms with E-state index in [4.69, 9.17) is 0 Å². The molecule has 1 unspecified atom stereocenters. The van der Waals surface area contributed by atoms with Gasteiger partial charge in [0.05, 0.1) is 0 Å². The summed E-state index contributed by atoms with van der Waals surface area (Å²) in [4.78, 5) is 0. The Kier molecular flexibility index (Phi) is 4.39. The fourth-order valence-corrected chi connectivity index (χ4v) is 5.22. The summed E-state index contributed by atoms with van der Waals surface area (Å²) in [6.07, 6.45) is 0. The molecule has 0 aliphatic rings. The third-order valence-corrected chi connectivity index (χ3v) is 6.74. The molecule has 1 aromatic carbocycles. The van der Waals surface area contributed by atoms with Gasteiger partial charge in [-0.25, -0.2) is 17.5 Å². The van der Waals surface area contributed by atoms with Crippen LogP contribution in [0.15, 0.2) is 44.4 Å². The molecule has 3 nitrogen and oxygen atoms in total. The molecule has 7 heteroatoms. The summed E-state index contributed by atoms with van der Waals surface area (Å²) in [6, 6.07) is 7.13. The number of benzene rings is 1. The van der Waals surface area contributed by atoms with Crippen LogP contribution < -0.4 is 4.72 Å². The van der Waals surface area contributed by atoms with Crippen molar-refractivity contribution in [2.24, 2.45) is 0 Å². The van der Waals surface area contributed by atoms with E-state index in [1.54, 1.807) is 36.6 Å². The number of thiophene rings is 1.